The van der Waals surface area contributed by atoms with Gasteiger partial charge in [-0.1, -0.05) is 50.2 Å². The minimum atomic E-state index is -4.02. The lowest BCUT2D eigenvalue weighted by atomic mass is 9.39. The van der Waals surface area contributed by atoms with Gasteiger partial charge in [0.2, 0.25) is 10.0 Å². The molecule has 1 saturated heterocycles. The Morgan fingerprint density at radius 1 is 0.870 bits per heavy atom. The number of sulfonamides is 1. The number of halogens is 1. The van der Waals surface area contributed by atoms with Crippen molar-refractivity contribution in [2.75, 3.05) is 48.8 Å². The molecule has 1 amide bonds. The number of hydrogen-bond donors (Lipinski definition) is 2. The minimum absolute atomic E-state index is 0.00499. The van der Waals surface area contributed by atoms with E-state index in [0.29, 0.717) is 55.2 Å². The number of nitrogens with zero attached hydrogens (tertiary/aromatic N) is 8. The van der Waals surface area contributed by atoms with Gasteiger partial charge in [0.25, 0.3) is 5.91 Å². The summed E-state index contributed by atoms with van der Waals surface area (Å²) in [5.74, 6) is 0.749. The number of pyridine rings is 1. The van der Waals surface area contributed by atoms with E-state index in [9.17, 15) is 18.0 Å². The van der Waals surface area contributed by atoms with Gasteiger partial charge in [0.15, 0.2) is 20.6 Å². The van der Waals surface area contributed by atoms with Crippen LogP contribution in [0.5, 0.6) is 0 Å². The highest BCUT2D eigenvalue weighted by atomic mass is 127. The lowest BCUT2D eigenvalue weighted by molar-refractivity contribution is -0.248. The summed E-state index contributed by atoms with van der Waals surface area (Å²) < 4.78 is 39.8. The Hall–Kier alpha value is -4.11. The van der Waals surface area contributed by atoms with Crippen molar-refractivity contribution in [3.05, 3.63) is 65.1 Å². The molecule has 6 heterocycles. The first-order valence-corrected chi connectivity index (χ1v) is 28.5. The molecule has 11 rings (SSSR count). The Morgan fingerprint density at radius 2 is 1.64 bits per heavy atom. The first-order chi connectivity index (χ1) is 33.0. The number of para-hydroxylation sites is 1. The second-order valence-electron chi connectivity index (χ2n) is 21.7. The predicted molar refractivity (Wildman–Crippen MR) is 279 cm³/mol. The number of carbonyl (C=O) groups excluding carboxylic acids is 2. The molecular weight excluding hydrogens is 1020 g/mol. The molecule has 2 unspecified atom stereocenters. The van der Waals surface area contributed by atoms with Crippen LogP contribution in [-0.2, 0) is 32.5 Å². The molecule has 5 aromatic rings. The molecule has 2 aliphatic heterocycles. The Labute approximate surface area is 423 Å². The monoisotopic (exact) mass is 1090 g/mol. The molecule has 2 N–H and O–H groups in total. The zero-order valence-corrected chi connectivity index (χ0v) is 44.2. The van der Waals surface area contributed by atoms with Crippen molar-refractivity contribution in [1.82, 2.24) is 39.6 Å². The number of nitrogens with one attached hydrogen (secondary N) is 2. The Bertz CT molecular complexity index is 2830. The van der Waals surface area contributed by atoms with Gasteiger partial charge in [-0.2, -0.15) is 5.10 Å². The van der Waals surface area contributed by atoms with E-state index in [1.54, 1.807) is 33.9 Å². The van der Waals surface area contributed by atoms with E-state index < -0.39 is 15.9 Å². The predicted octanol–water partition coefficient (Wildman–Crippen LogP) is 9.99. The molecule has 15 nitrogen and oxygen atoms in total. The SMILES string of the molecule is Cc1c(Nc2nc3ccccc3s2)nnc2c1CCCN2c1ccc(-c2cnn(CC34CC5(C)CC(C)(C3)CC(OCCN3CCCC3)(C5)C4)c2C)c(C(=O)NS(=O)(=O)CCCCCCC(=O)I)n1. The van der Waals surface area contributed by atoms with Crippen molar-refractivity contribution < 1.29 is 22.7 Å². The number of carbonyl (C=O) groups is 2. The van der Waals surface area contributed by atoms with E-state index in [0.717, 1.165) is 109 Å². The molecular formula is C51H65IN10O5S2. The zero-order valence-electron chi connectivity index (χ0n) is 40.4. The highest BCUT2D eigenvalue weighted by molar-refractivity contribution is 14.1. The third-order valence-corrected chi connectivity index (χ3v) is 18.4. The molecule has 0 radical (unpaired) electrons. The van der Waals surface area contributed by atoms with Crippen LogP contribution in [0.25, 0.3) is 21.3 Å². The Balaban J connectivity index is 0.936. The molecule has 0 spiro atoms. The highest BCUT2D eigenvalue weighted by Gasteiger charge is 2.66. The smallest absolute Gasteiger partial charge is 0.284 e. The van der Waals surface area contributed by atoms with Crippen LogP contribution in [0.1, 0.15) is 131 Å². The minimum Gasteiger partial charge on any atom is -0.374 e. The second-order valence-corrected chi connectivity index (χ2v) is 25.8. The van der Waals surface area contributed by atoms with Crippen LogP contribution in [0.2, 0.25) is 0 Å². The van der Waals surface area contributed by atoms with Crippen molar-refractivity contribution in [2.24, 2.45) is 16.2 Å². The first-order valence-electron chi connectivity index (χ1n) is 24.9. The molecule has 4 bridgehead atoms. The average Bonchev–Trinajstić information content (AvgIpc) is 4.04. The van der Waals surface area contributed by atoms with E-state index in [-0.39, 0.29) is 37.1 Å². The highest BCUT2D eigenvalue weighted by Crippen LogP contribution is 2.72. The Kier molecular flexibility index (Phi) is 13.5. The van der Waals surface area contributed by atoms with Crippen LogP contribution in [0.15, 0.2) is 42.6 Å². The number of amides is 1. The largest absolute Gasteiger partial charge is 0.374 e. The van der Waals surface area contributed by atoms with Crippen molar-refractivity contribution in [3.8, 4) is 11.1 Å². The molecule has 4 aliphatic carbocycles. The third kappa shape index (κ3) is 10.3. The fourth-order valence-corrected chi connectivity index (χ4v) is 16.1. The number of hydrogen-bond acceptors (Lipinski definition) is 14. The van der Waals surface area contributed by atoms with E-state index in [2.05, 4.69) is 38.6 Å². The van der Waals surface area contributed by atoms with Crippen molar-refractivity contribution in [3.63, 3.8) is 0 Å². The van der Waals surface area contributed by atoms with Crippen molar-refractivity contribution in [2.45, 2.75) is 136 Å². The summed E-state index contributed by atoms with van der Waals surface area (Å²) in [6.45, 7) is 14.5. The number of rotatable bonds is 19. The van der Waals surface area contributed by atoms with E-state index in [1.165, 1.54) is 32.4 Å². The molecule has 69 heavy (non-hydrogen) atoms. The fourth-order valence-electron chi connectivity index (χ4n) is 13.8. The third-order valence-electron chi connectivity index (χ3n) is 15.6. The molecule has 6 aliphatic rings. The van der Waals surface area contributed by atoms with E-state index in [1.807, 2.05) is 61.3 Å². The molecule has 4 saturated carbocycles. The summed E-state index contributed by atoms with van der Waals surface area (Å²) >= 11 is 3.34. The van der Waals surface area contributed by atoms with Crippen LogP contribution in [0, 0.1) is 30.1 Å². The van der Waals surface area contributed by atoms with Crippen LogP contribution < -0.4 is 14.9 Å². The molecule has 4 aromatic heterocycles. The number of fused-ring (bicyclic) bond motifs is 2. The molecule has 368 valence electrons. The lowest BCUT2D eigenvalue weighted by Gasteiger charge is -2.69. The summed E-state index contributed by atoms with van der Waals surface area (Å²) in [6.07, 6.45) is 15.6. The van der Waals surface area contributed by atoms with Gasteiger partial charge in [-0.25, -0.2) is 23.1 Å². The lowest BCUT2D eigenvalue weighted by Crippen LogP contribution is -2.64. The van der Waals surface area contributed by atoms with Gasteiger partial charge >= 0.3 is 0 Å². The number of aromatic nitrogens is 6. The van der Waals surface area contributed by atoms with Crippen LogP contribution in [0.4, 0.5) is 22.6 Å². The van der Waals surface area contributed by atoms with Gasteiger partial charge in [0.1, 0.15) is 11.5 Å². The maximum atomic E-state index is 14.5. The normalized spacial score (nSPS) is 25.4. The number of ether oxygens (including phenoxy) is 1. The molecule has 2 atom stereocenters. The fraction of sp³-hybridized carbons (Fsp3) is 0.588. The van der Waals surface area contributed by atoms with Crippen LogP contribution in [-0.4, -0.2) is 97.1 Å². The topological polar surface area (TPSA) is 177 Å². The van der Waals surface area contributed by atoms with Crippen LogP contribution >= 0.6 is 33.9 Å². The molecule has 18 heteroatoms. The maximum absolute atomic E-state index is 14.5. The second kappa shape index (κ2) is 19.1. The van der Waals surface area contributed by atoms with Crippen molar-refractivity contribution >= 4 is 86.4 Å². The molecule has 1 aromatic carbocycles. The first kappa shape index (κ1) is 48.5. The summed E-state index contributed by atoms with van der Waals surface area (Å²) in [5, 5.41) is 18.5. The number of anilines is 4. The number of thiazole rings is 1. The quantitative estimate of drug-likeness (QED) is 0.0454. The number of benzene rings is 1. The zero-order chi connectivity index (χ0) is 48.2. The Morgan fingerprint density at radius 3 is 2.41 bits per heavy atom. The summed E-state index contributed by atoms with van der Waals surface area (Å²) in [7, 11) is -4.02. The van der Waals surface area contributed by atoms with Gasteiger partial charge in [-0.3, -0.25) is 14.3 Å². The van der Waals surface area contributed by atoms with Crippen molar-refractivity contribution in [1.29, 1.82) is 0 Å². The van der Waals surface area contributed by atoms with Gasteiger partial charge in [0.05, 0.1) is 34.4 Å². The summed E-state index contributed by atoms with van der Waals surface area (Å²) in [6, 6.07) is 11.8. The number of likely N-dealkylation sites (tertiary alicyclic amines) is 1. The summed E-state index contributed by atoms with van der Waals surface area (Å²) in [4.78, 5) is 40.2. The average molecular weight is 1090 g/mol. The number of unbranched alkanes of at least 4 members (excludes halogenated alkanes) is 3. The standard InChI is InChI=1S/C51H65IN10O5S2/c1-34-36-14-13-22-61(45(36)58-57-44(34)56-47-54-39-15-8-9-16-40(39)68-47)42-19-18-37(43(55-42)46(64)59-69(65,66)25-12-6-5-7-17-41(52)63)38-26-53-62(35(38)2)33-50-28-48(3)27-49(4,29-50)31-51(30-48,32-50)67-24-23-60-20-10-11-21-60/h8-9,15-16,18-19,26H,5-7,10-14,17,20-25,27-33H2,1-4H3,(H,59,64)(H,54,56,57). The van der Waals surface area contributed by atoms with Gasteiger partial charge in [-0.05, 0) is 167 Å². The molecule has 5 fully saturated rings. The van der Waals surface area contributed by atoms with Gasteiger partial charge in [-0.15, -0.1) is 10.2 Å². The van der Waals surface area contributed by atoms with Gasteiger partial charge < -0.3 is 19.9 Å². The summed E-state index contributed by atoms with van der Waals surface area (Å²) in [5.41, 5.74) is 5.29. The van der Waals surface area contributed by atoms with E-state index in [4.69, 9.17) is 24.9 Å². The van der Waals surface area contributed by atoms with E-state index >= 15 is 0 Å². The van der Waals surface area contributed by atoms with Crippen LogP contribution in [0.3, 0.4) is 0 Å². The van der Waals surface area contributed by atoms with Gasteiger partial charge in [0, 0.05) is 54.0 Å². The maximum Gasteiger partial charge on any atom is 0.284 e.